The molecule has 0 aromatic rings. The summed E-state index contributed by atoms with van der Waals surface area (Å²) in [6.07, 6.45) is 10.5. The summed E-state index contributed by atoms with van der Waals surface area (Å²) in [7, 11) is 0. The van der Waals surface area contributed by atoms with Crippen molar-refractivity contribution in [1.29, 1.82) is 0 Å². The molecule has 9 heteroatoms. The number of hydrogen-bond acceptors (Lipinski definition) is 9. The summed E-state index contributed by atoms with van der Waals surface area (Å²) < 4.78 is 24.9. The molecule has 5 aliphatic rings. The number of rotatable bonds is 8. The molecule has 2 saturated heterocycles. The van der Waals surface area contributed by atoms with E-state index >= 15 is 0 Å². The molecular weight excluding hydrogens is 568 g/mol. The van der Waals surface area contributed by atoms with Gasteiger partial charge in [-0.1, -0.05) is 50.6 Å². The summed E-state index contributed by atoms with van der Waals surface area (Å²) in [5, 5.41) is -0.0980. The van der Waals surface area contributed by atoms with Gasteiger partial charge < -0.3 is 18.9 Å². The molecule has 0 aromatic heterocycles. The molecule has 5 rings (SSSR count). The normalized spacial score (nSPS) is 42.0. The minimum Gasteiger partial charge on any atom is -0.462 e. The van der Waals surface area contributed by atoms with Crippen molar-refractivity contribution in [2.24, 2.45) is 35.0 Å². The molecule has 2 saturated carbocycles. The molecule has 0 radical (unpaired) electrons. The molecule has 3 aliphatic carbocycles. The first kappa shape index (κ1) is 32.6. The van der Waals surface area contributed by atoms with Crippen molar-refractivity contribution in [3.63, 3.8) is 0 Å². The van der Waals surface area contributed by atoms with Gasteiger partial charge in [-0.15, -0.1) is 0 Å². The van der Waals surface area contributed by atoms with Gasteiger partial charge in [0.1, 0.15) is 17.5 Å². The van der Waals surface area contributed by atoms with Crippen LogP contribution in [0.3, 0.4) is 0 Å². The van der Waals surface area contributed by atoms with Crippen molar-refractivity contribution in [1.82, 2.24) is 0 Å². The Labute approximate surface area is 260 Å². The number of carbonyl (C=O) groups is 4. The molecule has 238 valence electrons. The van der Waals surface area contributed by atoms with Crippen molar-refractivity contribution in [3.05, 3.63) is 23.8 Å². The van der Waals surface area contributed by atoms with Gasteiger partial charge in [0, 0.05) is 43.4 Å². The third kappa shape index (κ3) is 5.84. The van der Waals surface area contributed by atoms with Crippen LogP contribution in [0.25, 0.3) is 0 Å². The Hall–Kier alpha value is -1.81. The molecule has 10 atom stereocenters. The average Bonchev–Trinajstić information content (AvgIpc) is 3.05. The lowest BCUT2D eigenvalue weighted by Gasteiger charge is -2.56. The zero-order valence-electron chi connectivity index (χ0n) is 26.9. The van der Waals surface area contributed by atoms with Gasteiger partial charge >= 0.3 is 5.97 Å². The minimum atomic E-state index is -1.49. The highest BCUT2D eigenvalue weighted by atomic mass is 32.2. The summed E-state index contributed by atoms with van der Waals surface area (Å²) in [4.78, 5) is 50.8. The Balaban J connectivity index is 1.33. The van der Waals surface area contributed by atoms with Crippen molar-refractivity contribution in [2.45, 2.75) is 123 Å². The lowest BCUT2D eigenvalue weighted by molar-refractivity contribution is -0.389. The van der Waals surface area contributed by atoms with Crippen molar-refractivity contribution in [2.75, 3.05) is 6.26 Å². The molecule has 43 heavy (non-hydrogen) atoms. The minimum absolute atomic E-state index is 0.0150. The molecule has 8 nitrogen and oxygen atoms in total. The van der Waals surface area contributed by atoms with Crippen LogP contribution in [0, 0.1) is 35.0 Å². The number of ketones is 2. The number of esters is 1. The van der Waals surface area contributed by atoms with Gasteiger partial charge in [0.2, 0.25) is 0 Å². The monoisotopic (exact) mass is 616 g/mol. The fourth-order valence-electron chi connectivity index (χ4n) is 8.66. The van der Waals surface area contributed by atoms with Crippen LogP contribution in [0.1, 0.15) is 93.4 Å². The van der Waals surface area contributed by atoms with Gasteiger partial charge in [0.25, 0.3) is 5.97 Å². The maximum atomic E-state index is 13.8. The van der Waals surface area contributed by atoms with Crippen LogP contribution in [0.15, 0.2) is 23.8 Å². The van der Waals surface area contributed by atoms with Gasteiger partial charge in [-0.25, -0.2) is 0 Å². The maximum Gasteiger partial charge on any atom is 0.302 e. The third-order valence-electron chi connectivity index (χ3n) is 11.5. The molecule has 2 heterocycles. The highest BCUT2D eigenvalue weighted by Crippen LogP contribution is 2.59. The molecule has 0 aromatic carbocycles. The second kappa shape index (κ2) is 11.5. The van der Waals surface area contributed by atoms with E-state index in [1.54, 1.807) is 18.4 Å². The van der Waals surface area contributed by atoms with Crippen molar-refractivity contribution < 1.29 is 38.1 Å². The lowest BCUT2D eigenvalue weighted by atomic mass is 9.49. The van der Waals surface area contributed by atoms with Crippen LogP contribution in [0.2, 0.25) is 0 Å². The highest BCUT2D eigenvalue weighted by molar-refractivity contribution is 8.13. The molecule has 2 bridgehead atoms. The molecule has 2 aliphatic heterocycles. The van der Waals surface area contributed by atoms with Crippen LogP contribution in [0.4, 0.5) is 0 Å². The van der Waals surface area contributed by atoms with Crippen molar-refractivity contribution in [3.8, 4) is 0 Å². The Morgan fingerprint density at radius 1 is 1.14 bits per heavy atom. The van der Waals surface area contributed by atoms with E-state index in [9.17, 15) is 19.2 Å². The topological polar surface area (TPSA) is 105 Å². The first-order valence-corrected chi connectivity index (χ1v) is 17.0. The summed E-state index contributed by atoms with van der Waals surface area (Å²) in [5.74, 6) is -1.23. The summed E-state index contributed by atoms with van der Waals surface area (Å²) in [6, 6.07) is 0. The fraction of sp³-hybridized carbons (Fsp3) is 0.765. The second-order valence-corrected chi connectivity index (χ2v) is 15.3. The molecule has 4 fully saturated rings. The summed E-state index contributed by atoms with van der Waals surface area (Å²) in [5.41, 5.74) is -0.609. The predicted molar refractivity (Wildman–Crippen MR) is 163 cm³/mol. The van der Waals surface area contributed by atoms with E-state index in [0.717, 1.165) is 30.2 Å². The zero-order valence-corrected chi connectivity index (χ0v) is 27.7. The quantitative estimate of drug-likeness (QED) is 0.305. The Morgan fingerprint density at radius 2 is 1.86 bits per heavy atom. The maximum absolute atomic E-state index is 13.8. The number of Topliss-reactive ketones (excluding diaryl/α,β-unsaturated/α-hetero) is 1. The Bertz CT molecular complexity index is 1230. The van der Waals surface area contributed by atoms with E-state index in [-0.39, 0.29) is 58.3 Å². The fourth-order valence-corrected chi connectivity index (χ4v) is 8.98. The third-order valence-corrected chi connectivity index (χ3v) is 12.1. The first-order chi connectivity index (χ1) is 20.0. The Kier molecular flexibility index (Phi) is 8.73. The standard InChI is InChI=1S/C34H48O8S/c1-19-9-11-25-30(27(39-21(3)35)16-22-15-23(36)13-14-32(22,25)6)24(19)10-12-26(37)20(2)28-17-33(7)31(4,5)41-34(40-28,42-33)18-29(38)43-8/h13-15,19-20,24-25,27-28,30H,9-12,16-18H2,1-8H3/t19-,20+,24-,25-,27-,28-,30+,32+,33-,34+/m1/s1. The zero-order chi connectivity index (χ0) is 31.5. The molecular formula is C34H48O8S. The number of hydrogen-bond donors (Lipinski definition) is 0. The molecule has 0 spiro atoms. The van der Waals surface area contributed by atoms with Crippen LogP contribution in [-0.2, 0) is 38.1 Å². The lowest BCUT2D eigenvalue weighted by Crippen LogP contribution is -2.54. The van der Waals surface area contributed by atoms with Crippen LogP contribution in [0.5, 0.6) is 0 Å². The smallest absolute Gasteiger partial charge is 0.302 e. The van der Waals surface area contributed by atoms with E-state index in [1.807, 2.05) is 27.7 Å². The Morgan fingerprint density at radius 3 is 2.53 bits per heavy atom. The van der Waals surface area contributed by atoms with E-state index in [4.69, 9.17) is 18.9 Å². The van der Waals surface area contributed by atoms with Gasteiger partial charge in [-0.2, -0.15) is 0 Å². The van der Waals surface area contributed by atoms with E-state index in [1.165, 1.54) is 6.92 Å². The number of ether oxygens (including phenoxy) is 4. The van der Waals surface area contributed by atoms with E-state index < -0.39 is 29.2 Å². The highest BCUT2D eigenvalue weighted by Gasteiger charge is 2.66. The van der Waals surface area contributed by atoms with Crippen LogP contribution >= 0.6 is 11.8 Å². The van der Waals surface area contributed by atoms with Gasteiger partial charge in [0.15, 0.2) is 10.9 Å². The molecule has 0 amide bonds. The number of thioether (sulfide) groups is 1. The largest absolute Gasteiger partial charge is 0.462 e. The number of carbonyl (C=O) groups excluding carboxylic acids is 4. The number of allylic oxidation sites excluding steroid dienone is 3. The van der Waals surface area contributed by atoms with E-state index in [0.29, 0.717) is 31.6 Å². The van der Waals surface area contributed by atoms with Gasteiger partial charge in [0.05, 0.1) is 18.1 Å². The average molecular weight is 617 g/mol. The predicted octanol–water partition coefficient (Wildman–Crippen LogP) is 5.96. The van der Waals surface area contributed by atoms with Gasteiger partial charge in [-0.05, 0) is 69.8 Å². The van der Waals surface area contributed by atoms with E-state index in [2.05, 4.69) is 19.9 Å². The summed E-state index contributed by atoms with van der Waals surface area (Å²) >= 11 is 1.11. The van der Waals surface area contributed by atoms with Crippen molar-refractivity contribution >= 4 is 34.4 Å². The first-order valence-electron chi connectivity index (χ1n) is 15.8. The van der Waals surface area contributed by atoms with Crippen LogP contribution < -0.4 is 0 Å². The molecule has 0 unspecified atom stereocenters. The number of fused-ring (bicyclic) bond motifs is 5. The summed E-state index contributed by atoms with van der Waals surface area (Å²) in [6.45, 7) is 13.7. The van der Waals surface area contributed by atoms with Gasteiger partial charge in [-0.3, -0.25) is 19.2 Å². The molecule has 0 N–H and O–H groups in total. The second-order valence-electron chi connectivity index (χ2n) is 14.5. The van der Waals surface area contributed by atoms with Crippen LogP contribution in [-0.4, -0.2) is 58.3 Å². The SMILES string of the molecule is CSC(=O)C[C@@]12O[C@@H]([C@@H](C)C(=O)CC[C@H]3[C@H]4[C@@H](CC[C@H]3C)[C@@]3(C)C=CC(=O)C=C3C[C@H]4OC(C)=O)C[C@@](C)(O1)C(C)(C)O2.